The zero-order chi connectivity index (χ0) is 10.3. The largest absolute Gasteiger partial charge is 0.388 e. The average molecular weight is 191 g/mol. The molecule has 0 unspecified atom stereocenters. The van der Waals surface area contributed by atoms with Crippen molar-refractivity contribution in [1.29, 1.82) is 0 Å². The highest BCUT2D eigenvalue weighted by molar-refractivity contribution is 5.62. The normalized spacial score (nSPS) is 25.4. The summed E-state index contributed by atoms with van der Waals surface area (Å²) in [6.45, 7) is 6.24. The first-order chi connectivity index (χ1) is 6.59. The highest BCUT2D eigenvalue weighted by atomic mass is 16.3. The molecule has 0 bridgehead atoms. The van der Waals surface area contributed by atoms with Crippen LogP contribution in [0.1, 0.15) is 36.1 Å². The van der Waals surface area contributed by atoms with E-state index in [9.17, 15) is 5.11 Å². The van der Waals surface area contributed by atoms with Gasteiger partial charge in [-0.05, 0) is 38.3 Å². The van der Waals surface area contributed by atoms with Gasteiger partial charge in [0.2, 0.25) is 0 Å². The third kappa shape index (κ3) is 1.40. The number of fused-ring (bicyclic) bond motifs is 1. The smallest absolute Gasteiger partial charge is 0.0832 e. The highest BCUT2D eigenvalue weighted by Crippen LogP contribution is 2.36. The minimum atomic E-state index is -0.304. The standard InChI is InChI=1S/C12H17NO/c1-7-4-5-8(2)12-11(7)10(14)6-9(3)13-12/h4-5,9-10,13-14H,6H2,1-3H3/t9-,10-/m1/s1. The number of anilines is 1. The fraction of sp³-hybridized carbons (Fsp3) is 0.500. The van der Waals surface area contributed by atoms with Crippen molar-refractivity contribution < 1.29 is 5.11 Å². The number of rotatable bonds is 0. The minimum Gasteiger partial charge on any atom is -0.388 e. The summed E-state index contributed by atoms with van der Waals surface area (Å²) in [5, 5.41) is 13.4. The lowest BCUT2D eigenvalue weighted by atomic mass is 9.90. The molecule has 0 aromatic heterocycles. The first kappa shape index (κ1) is 9.53. The van der Waals surface area contributed by atoms with E-state index < -0.39 is 0 Å². The molecule has 1 aromatic rings. The molecule has 1 heterocycles. The van der Waals surface area contributed by atoms with Crippen molar-refractivity contribution in [2.75, 3.05) is 5.32 Å². The van der Waals surface area contributed by atoms with Gasteiger partial charge < -0.3 is 10.4 Å². The summed E-state index contributed by atoms with van der Waals surface area (Å²) in [7, 11) is 0. The number of hydrogen-bond acceptors (Lipinski definition) is 2. The lowest BCUT2D eigenvalue weighted by Crippen LogP contribution is -2.26. The summed E-state index contributed by atoms with van der Waals surface area (Å²) in [5.41, 5.74) is 4.62. The van der Waals surface area contributed by atoms with E-state index in [4.69, 9.17) is 0 Å². The Morgan fingerprint density at radius 1 is 1.29 bits per heavy atom. The summed E-state index contributed by atoms with van der Waals surface area (Å²) in [5.74, 6) is 0. The van der Waals surface area contributed by atoms with Gasteiger partial charge in [-0.2, -0.15) is 0 Å². The van der Waals surface area contributed by atoms with Crippen LogP contribution in [0, 0.1) is 13.8 Å². The van der Waals surface area contributed by atoms with E-state index in [0.717, 1.165) is 17.7 Å². The monoisotopic (exact) mass is 191 g/mol. The van der Waals surface area contributed by atoms with Crippen LogP contribution in [0.5, 0.6) is 0 Å². The Labute approximate surface area is 85.0 Å². The van der Waals surface area contributed by atoms with Gasteiger partial charge in [-0.1, -0.05) is 12.1 Å². The van der Waals surface area contributed by atoms with Gasteiger partial charge in [0.25, 0.3) is 0 Å². The maximum atomic E-state index is 10.00. The second kappa shape index (κ2) is 3.28. The quantitative estimate of drug-likeness (QED) is 0.660. The second-order valence-corrected chi connectivity index (χ2v) is 4.28. The molecule has 76 valence electrons. The highest BCUT2D eigenvalue weighted by Gasteiger charge is 2.24. The lowest BCUT2D eigenvalue weighted by molar-refractivity contribution is 0.157. The van der Waals surface area contributed by atoms with Gasteiger partial charge in [0, 0.05) is 17.3 Å². The molecule has 2 atom stereocenters. The van der Waals surface area contributed by atoms with Crippen LogP contribution in [-0.4, -0.2) is 11.1 Å². The van der Waals surface area contributed by atoms with Crippen LogP contribution < -0.4 is 5.32 Å². The maximum absolute atomic E-state index is 10.00. The van der Waals surface area contributed by atoms with E-state index in [2.05, 4.69) is 38.2 Å². The van der Waals surface area contributed by atoms with Gasteiger partial charge in [-0.25, -0.2) is 0 Å². The van der Waals surface area contributed by atoms with E-state index in [1.54, 1.807) is 0 Å². The number of aryl methyl sites for hydroxylation is 2. The van der Waals surface area contributed by atoms with E-state index in [1.165, 1.54) is 11.1 Å². The van der Waals surface area contributed by atoms with Gasteiger partial charge in [-0.15, -0.1) is 0 Å². The van der Waals surface area contributed by atoms with Gasteiger partial charge in [0.05, 0.1) is 6.10 Å². The number of aliphatic hydroxyl groups excluding tert-OH is 1. The van der Waals surface area contributed by atoms with Crippen LogP contribution in [0.25, 0.3) is 0 Å². The molecule has 0 saturated carbocycles. The third-order valence-electron chi connectivity index (χ3n) is 2.97. The van der Waals surface area contributed by atoms with Crippen LogP contribution in [0.3, 0.4) is 0 Å². The topological polar surface area (TPSA) is 32.3 Å². The molecular formula is C12H17NO. The predicted octanol–water partition coefficient (Wildman–Crippen LogP) is 2.54. The summed E-state index contributed by atoms with van der Waals surface area (Å²) in [6, 6.07) is 4.54. The Bertz CT molecular complexity index is 360. The molecule has 1 aliphatic heterocycles. The molecule has 0 aliphatic carbocycles. The zero-order valence-electron chi connectivity index (χ0n) is 8.96. The van der Waals surface area contributed by atoms with Crippen LogP contribution in [-0.2, 0) is 0 Å². The second-order valence-electron chi connectivity index (χ2n) is 4.28. The molecular weight excluding hydrogens is 174 g/mol. The van der Waals surface area contributed by atoms with Crippen LogP contribution in [0.2, 0.25) is 0 Å². The van der Waals surface area contributed by atoms with Crippen molar-refractivity contribution in [3.63, 3.8) is 0 Å². The summed E-state index contributed by atoms with van der Waals surface area (Å²) >= 11 is 0. The first-order valence-corrected chi connectivity index (χ1v) is 5.14. The Kier molecular flexibility index (Phi) is 2.23. The molecule has 0 saturated heterocycles. The Morgan fingerprint density at radius 2 is 1.93 bits per heavy atom. The molecule has 2 N–H and O–H groups in total. The van der Waals surface area contributed by atoms with Crippen molar-refractivity contribution in [2.24, 2.45) is 0 Å². The van der Waals surface area contributed by atoms with Crippen molar-refractivity contribution in [1.82, 2.24) is 0 Å². The number of nitrogens with one attached hydrogen (secondary N) is 1. The van der Waals surface area contributed by atoms with Crippen LogP contribution >= 0.6 is 0 Å². The summed E-state index contributed by atoms with van der Waals surface area (Å²) in [6.07, 6.45) is 0.498. The number of aliphatic hydroxyl groups is 1. The molecule has 0 radical (unpaired) electrons. The van der Waals surface area contributed by atoms with Gasteiger partial charge in [0.1, 0.15) is 0 Å². The van der Waals surface area contributed by atoms with Crippen molar-refractivity contribution in [2.45, 2.75) is 39.3 Å². The Balaban J connectivity index is 2.57. The molecule has 2 heteroatoms. The van der Waals surface area contributed by atoms with Gasteiger partial charge in [-0.3, -0.25) is 0 Å². The summed E-state index contributed by atoms with van der Waals surface area (Å²) in [4.78, 5) is 0. The van der Waals surface area contributed by atoms with E-state index in [1.807, 2.05) is 0 Å². The van der Waals surface area contributed by atoms with Gasteiger partial charge >= 0.3 is 0 Å². The van der Waals surface area contributed by atoms with Crippen LogP contribution in [0.4, 0.5) is 5.69 Å². The van der Waals surface area contributed by atoms with Crippen molar-refractivity contribution >= 4 is 5.69 Å². The molecule has 2 rings (SSSR count). The van der Waals surface area contributed by atoms with Crippen molar-refractivity contribution in [3.05, 3.63) is 28.8 Å². The number of hydrogen-bond donors (Lipinski definition) is 2. The molecule has 2 nitrogen and oxygen atoms in total. The Hall–Kier alpha value is -1.02. The summed E-state index contributed by atoms with van der Waals surface area (Å²) < 4.78 is 0. The molecule has 1 aliphatic rings. The molecule has 1 aromatic carbocycles. The maximum Gasteiger partial charge on any atom is 0.0832 e. The fourth-order valence-electron chi connectivity index (χ4n) is 2.21. The van der Waals surface area contributed by atoms with Crippen molar-refractivity contribution in [3.8, 4) is 0 Å². The third-order valence-corrected chi connectivity index (χ3v) is 2.97. The van der Waals surface area contributed by atoms with E-state index in [0.29, 0.717) is 6.04 Å². The Morgan fingerprint density at radius 3 is 2.64 bits per heavy atom. The molecule has 0 fully saturated rings. The number of benzene rings is 1. The zero-order valence-corrected chi connectivity index (χ0v) is 8.96. The molecule has 14 heavy (non-hydrogen) atoms. The average Bonchev–Trinajstić information content (AvgIpc) is 2.10. The predicted molar refractivity (Wildman–Crippen MR) is 58.6 cm³/mol. The first-order valence-electron chi connectivity index (χ1n) is 5.14. The van der Waals surface area contributed by atoms with Crippen LogP contribution in [0.15, 0.2) is 12.1 Å². The minimum absolute atomic E-state index is 0.304. The molecule has 0 amide bonds. The molecule has 0 spiro atoms. The van der Waals surface area contributed by atoms with Gasteiger partial charge in [0.15, 0.2) is 0 Å². The lowest BCUT2D eigenvalue weighted by Gasteiger charge is -2.31. The fourth-order valence-corrected chi connectivity index (χ4v) is 2.21. The SMILES string of the molecule is Cc1ccc(C)c2c1N[C@H](C)C[C@H]2O. The van der Waals surface area contributed by atoms with E-state index in [-0.39, 0.29) is 6.10 Å². The van der Waals surface area contributed by atoms with E-state index >= 15 is 0 Å².